The lowest BCUT2D eigenvalue weighted by Crippen LogP contribution is -2.55. The van der Waals surface area contributed by atoms with Gasteiger partial charge in [0.25, 0.3) is 0 Å². The van der Waals surface area contributed by atoms with Crippen LogP contribution in [0.3, 0.4) is 0 Å². The van der Waals surface area contributed by atoms with Crippen molar-refractivity contribution >= 4 is 5.97 Å². The molecule has 2 aliphatic rings. The van der Waals surface area contributed by atoms with Gasteiger partial charge in [0, 0.05) is 31.2 Å². The van der Waals surface area contributed by atoms with E-state index >= 15 is 0 Å². The summed E-state index contributed by atoms with van der Waals surface area (Å²) in [5.41, 5.74) is 2.03. The number of piperazine rings is 1. The highest BCUT2D eigenvalue weighted by Gasteiger charge is 2.30. The Hall–Kier alpha value is -1.64. The molecular formula is C16H23N3O2. The van der Waals surface area contributed by atoms with Crippen LogP contribution in [0.1, 0.15) is 26.2 Å². The van der Waals surface area contributed by atoms with Gasteiger partial charge < -0.3 is 10.1 Å². The van der Waals surface area contributed by atoms with Gasteiger partial charge in [0.2, 0.25) is 0 Å². The monoisotopic (exact) mass is 289 g/mol. The molecular weight excluding hydrogens is 266 g/mol. The van der Waals surface area contributed by atoms with E-state index in [2.05, 4.69) is 23.2 Å². The maximum atomic E-state index is 12.1. The molecule has 0 spiro atoms. The lowest BCUT2D eigenvalue weighted by atomic mass is 9.93. The maximum absolute atomic E-state index is 12.1. The largest absolute Gasteiger partial charge is 0.468 e. The van der Waals surface area contributed by atoms with E-state index in [1.807, 2.05) is 12.2 Å². The van der Waals surface area contributed by atoms with Crippen molar-refractivity contribution in [1.82, 2.24) is 10.2 Å². The van der Waals surface area contributed by atoms with E-state index in [0.29, 0.717) is 12.5 Å². The van der Waals surface area contributed by atoms with E-state index in [-0.39, 0.29) is 12.0 Å². The Balaban J connectivity index is 2.07. The number of carbonyl (C=O) groups excluding carboxylic acids is 1. The summed E-state index contributed by atoms with van der Waals surface area (Å²) in [4.78, 5) is 14.3. The van der Waals surface area contributed by atoms with Crippen LogP contribution >= 0.6 is 0 Å². The second-order valence-electron chi connectivity index (χ2n) is 5.72. The van der Waals surface area contributed by atoms with Crippen LogP contribution in [-0.4, -0.2) is 49.7 Å². The van der Waals surface area contributed by atoms with E-state index in [1.54, 1.807) is 0 Å². The predicted octanol–water partition coefficient (Wildman–Crippen LogP) is 1.38. The van der Waals surface area contributed by atoms with Crippen molar-refractivity contribution in [2.45, 2.75) is 38.3 Å². The summed E-state index contributed by atoms with van der Waals surface area (Å²) in [6, 6.07) is 2.35. The number of carbonyl (C=O) groups is 1. The Bertz CT molecular complexity index is 490. The van der Waals surface area contributed by atoms with Gasteiger partial charge in [0.15, 0.2) is 0 Å². The smallest absolute Gasteiger partial charge is 0.323 e. The molecule has 114 valence electrons. The molecule has 5 heteroatoms. The molecule has 1 fully saturated rings. The van der Waals surface area contributed by atoms with E-state index in [4.69, 9.17) is 10.00 Å². The molecule has 2 rings (SSSR count). The van der Waals surface area contributed by atoms with Crippen molar-refractivity contribution in [3.8, 4) is 6.07 Å². The van der Waals surface area contributed by atoms with E-state index in [9.17, 15) is 4.79 Å². The Morgan fingerprint density at radius 1 is 1.57 bits per heavy atom. The highest BCUT2D eigenvalue weighted by Crippen LogP contribution is 2.24. The third-order valence-electron chi connectivity index (χ3n) is 4.15. The van der Waals surface area contributed by atoms with Crippen LogP contribution in [0.25, 0.3) is 0 Å². The number of hydrogen-bond acceptors (Lipinski definition) is 5. The number of nitrogens with one attached hydrogen (secondary N) is 1. The van der Waals surface area contributed by atoms with Gasteiger partial charge in [-0.05, 0) is 32.3 Å². The first kappa shape index (κ1) is 15.7. The molecule has 0 unspecified atom stereocenters. The van der Waals surface area contributed by atoms with E-state index in [0.717, 1.165) is 38.0 Å². The normalized spacial score (nSPS) is 24.5. The molecule has 0 aromatic heterocycles. The molecule has 21 heavy (non-hydrogen) atoms. The van der Waals surface area contributed by atoms with Gasteiger partial charge in [-0.15, -0.1) is 0 Å². The number of ether oxygens (including phenoxy) is 1. The van der Waals surface area contributed by atoms with Crippen molar-refractivity contribution in [2.24, 2.45) is 0 Å². The van der Waals surface area contributed by atoms with Crippen molar-refractivity contribution in [2.75, 3.05) is 26.7 Å². The standard InChI is InChI=1S/C16H23N3O2/c1-12-11-19(8-7-18-12)15(16(20)21-2)9-13-3-5-14(10-17)6-4-13/h3,5,12,15,18H,4,6-9,11H2,1-2H3/t12-,15-/m0/s1. The van der Waals surface area contributed by atoms with Gasteiger partial charge in [-0.1, -0.05) is 11.6 Å². The molecule has 1 saturated heterocycles. The average Bonchev–Trinajstić information content (AvgIpc) is 2.52. The number of methoxy groups -OCH3 is 1. The number of allylic oxidation sites excluding steroid dienone is 3. The van der Waals surface area contributed by atoms with Gasteiger partial charge >= 0.3 is 5.97 Å². The van der Waals surface area contributed by atoms with Crippen LogP contribution in [0.4, 0.5) is 0 Å². The lowest BCUT2D eigenvalue weighted by molar-refractivity contribution is -0.147. The van der Waals surface area contributed by atoms with Crippen LogP contribution in [0.5, 0.6) is 0 Å². The molecule has 1 aliphatic carbocycles. The van der Waals surface area contributed by atoms with Gasteiger partial charge in [0.05, 0.1) is 13.2 Å². The number of nitriles is 1. The quantitative estimate of drug-likeness (QED) is 0.792. The average molecular weight is 289 g/mol. The highest BCUT2D eigenvalue weighted by molar-refractivity contribution is 5.76. The second-order valence-corrected chi connectivity index (χ2v) is 5.72. The Kier molecular flexibility index (Phi) is 5.54. The van der Waals surface area contributed by atoms with Crippen molar-refractivity contribution in [3.05, 3.63) is 23.3 Å². The maximum Gasteiger partial charge on any atom is 0.323 e. The summed E-state index contributed by atoms with van der Waals surface area (Å²) in [5, 5.41) is 12.3. The molecule has 1 heterocycles. The van der Waals surface area contributed by atoms with Crippen molar-refractivity contribution < 1.29 is 9.53 Å². The lowest BCUT2D eigenvalue weighted by Gasteiger charge is -2.36. The topological polar surface area (TPSA) is 65.4 Å². The van der Waals surface area contributed by atoms with Gasteiger partial charge in [-0.2, -0.15) is 5.26 Å². The summed E-state index contributed by atoms with van der Waals surface area (Å²) in [7, 11) is 1.45. The van der Waals surface area contributed by atoms with Crippen LogP contribution in [-0.2, 0) is 9.53 Å². The van der Waals surface area contributed by atoms with Gasteiger partial charge in [-0.3, -0.25) is 9.69 Å². The molecule has 0 aromatic rings. The van der Waals surface area contributed by atoms with Gasteiger partial charge in [-0.25, -0.2) is 0 Å². The summed E-state index contributed by atoms with van der Waals surface area (Å²) in [6.07, 6.45) is 6.18. The van der Waals surface area contributed by atoms with Crippen LogP contribution in [0.2, 0.25) is 0 Å². The molecule has 0 amide bonds. The minimum atomic E-state index is -0.220. The van der Waals surface area contributed by atoms with Crippen molar-refractivity contribution in [3.63, 3.8) is 0 Å². The highest BCUT2D eigenvalue weighted by atomic mass is 16.5. The number of hydrogen-bond donors (Lipinski definition) is 1. The zero-order valence-electron chi connectivity index (χ0n) is 12.8. The van der Waals surface area contributed by atoms with Crippen LogP contribution < -0.4 is 5.32 Å². The summed E-state index contributed by atoms with van der Waals surface area (Å²) < 4.78 is 4.99. The molecule has 2 atom stereocenters. The third kappa shape index (κ3) is 4.16. The Labute approximate surface area is 126 Å². The minimum absolute atomic E-state index is 0.167. The van der Waals surface area contributed by atoms with E-state index < -0.39 is 0 Å². The molecule has 0 radical (unpaired) electrons. The molecule has 0 aromatic carbocycles. The molecule has 1 aliphatic heterocycles. The fraction of sp³-hybridized carbons (Fsp3) is 0.625. The van der Waals surface area contributed by atoms with Crippen molar-refractivity contribution in [1.29, 1.82) is 5.26 Å². The SMILES string of the molecule is COC(=O)[C@H](CC1=CC=C(C#N)CC1)N1CCN[C@@H](C)C1. The second kappa shape index (κ2) is 7.39. The zero-order valence-corrected chi connectivity index (χ0v) is 12.8. The summed E-state index contributed by atoms with van der Waals surface area (Å²) in [5.74, 6) is -0.167. The van der Waals surface area contributed by atoms with E-state index in [1.165, 1.54) is 12.7 Å². The summed E-state index contributed by atoms with van der Waals surface area (Å²) >= 11 is 0. The molecule has 0 saturated carbocycles. The molecule has 1 N–H and O–H groups in total. The number of rotatable bonds is 4. The predicted molar refractivity (Wildman–Crippen MR) is 80.5 cm³/mol. The molecule has 0 bridgehead atoms. The number of esters is 1. The fourth-order valence-electron chi connectivity index (χ4n) is 2.93. The Morgan fingerprint density at radius 3 is 2.95 bits per heavy atom. The first-order chi connectivity index (χ1) is 10.1. The first-order valence-corrected chi connectivity index (χ1v) is 7.48. The fourth-order valence-corrected chi connectivity index (χ4v) is 2.93. The summed E-state index contributed by atoms with van der Waals surface area (Å²) in [6.45, 7) is 4.73. The third-order valence-corrected chi connectivity index (χ3v) is 4.15. The Morgan fingerprint density at radius 2 is 2.38 bits per heavy atom. The zero-order chi connectivity index (χ0) is 15.2. The van der Waals surface area contributed by atoms with Crippen LogP contribution in [0.15, 0.2) is 23.3 Å². The number of nitrogens with zero attached hydrogens (tertiary/aromatic N) is 2. The van der Waals surface area contributed by atoms with Gasteiger partial charge in [0.1, 0.15) is 6.04 Å². The molecule has 5 nitrogen and oxygen atoms in total. The minimum Gasteiger partial charge on any atom is -0.468 e. The first-order valence-electron chi connectivity index (χ1n) is 7.48. The van der Waals surface area contributed by atoms with Crippen LogP contribution in [0, 0.1) is 11.3 Å².